The quantitative estimate of drug-likeness (QED) is 0.134. The minimum Gasteiger partial charge on any atom is -0.487 e. The van der Waals surface area contributed by atoms with Crippen molar-refractivity contribution in [2.24, 2.45) is 11.8 Å². The van der Waals surface area contributed by atoms with E-state index in [2.05, 4.69) is 6.92 Å². The number of hydrogen-bond donors (Lipinski definition) is 0. The standard InChI is InChI=1S/C30H36F8O/c1-3-5-7-9-17-10-12-18(13-11-17)14-15-19-22(31)24(33)20(25(34)23(19)32)21-26(35)28(37)30(29(38)27(21)36)39-16-8-6-4-2/h17-18H,3-16H2,1-2H3. The summed E-state index contributed by atoms with van der Waals surface area (Å²) in [6, 6.07) is 0. The summed E-state index contributed by atoms with van der Waals surface area (Å²) in [7, 11) is 0. The molecule has 0 bridgehead atoms. The van der Waals surface area contributed by atoms with Gasteiger partial charge in [-0.05, 0) is 31.1 Å². The van der Waals surface area contributed by atoms with Gasteiger partial charge in [0.15, 0.2) is 40.7 Å². The van der Waals surface area contributed by atoms with Gasteiger partial charge in [0.2, 0.25) is 11.6 Å². The van der Waals surface area contributed by atoms with Crippen molar-refractivity contribution in [3.05, 3.63) is 52.1 Å². The highest BCUT2D eigenvalue weighted by Crippen LogP contribution is 2.41. The minimum absolute atomic E-state index is 0.125. The van der Waals surface area contributed by atoms with E-state index in [0.29, 0.717) is 18.8 Å². The molecule has 3 rings (SSSR count). The lowest BCUT2D eigenvalue weighted by atomic mass is 9.77. The van der Waals surface area contributed by atoms with Crippen molar-refractivity contribution in [3.8, 4) is 16.9 Å². The third-order valence-corrected chi connectivity index (χ3v) is 7.81. The van der Waals surface area contributed by atoms with Gasteiger partial charge in [0.25, 0.3) is 0 Å². The fraction of sp³-hybridized carbons (Fsp3) is 0.600. The second kappa shape index (κ2) is 14.4. The maximum Gasteiger partial charge on any atom is 0.204 e. The molecule has 1 aliphatic carbocycles. The number of unbranched alkanes of at least 4 members (excludes halogenated alkanes) is 4. The molecule has 0 heterocycles. The Labute approximate surface area is 224 Å². The van der Waals surface area contributed by atoms with Crippen LogP contribution in [0.1, 0.15) is 96.5 Å². The van der Waals surface area contributed by atoms with E-state index in [1.54, 1.807) is 0 Å². The lowest BCUT2D eigenvalue weighted by molar-refractivity contribution is 0.248. The molecule has 1 saturated carbocycles. The number of benzene rings is 2. The van der Waals surface area contributed by atoms with Gasteiger partial charge in [-0.1, -0.05) is 78.1 Å². The summed E-state index contributed by atoms with van der Waals surface area (Å²) < 4.78 is 123. The van der Waals surface area contributed by atoms with Crippen LogP contribution in [0.5, 0.6) is 5.75 Å². The summed E-state index contributed by atoms with van der Waals surface area (Å²) in [6.07, 6.45) is 9.91. The molecule has 0 radical (unpaired) electrons. The maximum atomic E-state index is 15.0. The van der Waals surface area contributed by atoms with Crippen molar-refractivity contribution in [1.82, 2.24) is 0 Å². The first-order valence-corrected chi connectivity index (χ1v) is 14.0. The summed E-state index contributed by atoms with van der Waals surface area (Å²) in [5.41, 5.74) is -4.60. The van der Waals surface area contributed by atoms with Crippen LogP contribution in [-0.4, -0.2) is 6.61 Å². The van der Waals surface area contributed by atoms with E-state index in [1.165, 1.54) is 6.42 Å². The van der Waals surface area contributed by atoms with Gasteiger partial charge in [0.05, 0.1) is 17.7 Å². The zero-order valence-electron chi connectivity index (χ0n) is 22.5. The third-order valence-electron chi connectivity index (χ3n) is 7.81. The molecule has 1 aliphatic rings. The van der Waals surface area contributed by atoms with Gasteiger partial charge in [-0.15, -0.1) is 0 Å². The van der Waals surface area contributed by atoms with Crippen LogP contribution in [0.25, 0.3) is 11.1 Å². The Morgan fingerprint density at radius 1 is 0.538 bits per heavy atom. The first-order valence-electron chi connectivity index (χ1n) is 14.0. The van der Waals surface area contributed by atoms with Gasteiger partial charge >= 0.3 is 0 Å². The van der Waals surface area contributed by atoms with Gasteiger partial charge < -0.3 is 4.74 Å². The van der Waals surface area contributed by atoms with E-state index in [9.17, 15) is 35.1 Å². The number of hydrogen-bond acceptors (Lipinski definition) is 1. The maximum absolute atomic E-state index is 15.0. The van der Waals surface area contributed by atoms with Crippen LogP contribution in [0.4, 0.5) is 35.1 Å². The van der Waals surface area contributed by atoms with Gasteiger partial charge in [-0.3, -0.25) is 0 Å². The highest BCUT2D eigenvalue weighted by atomic mass is 19.2. The molecular formula is C30H36F8O. The summed E-state index contributed by atoms with van der Waals surface area (Å²) in [6.45, 7) is 3.72. The first-order chi connectivity index (χ1) is 18.6. The van der Waals surface area contributed by atoms with E-state index >= 15 is 0 Å². The molecule has 9 heteroatoms. The van der Waals surface area contributed by atoms with Crippen molar-refractivity contribution in [2.75, 3.05) is 6.61 Å². The first kappa shape index (κ1) is 31.2. The van der Waals surface area contributed by atoms with E-state index in [0.717, 1.165) is 51.4 Å². The van der Waals surface area contributed by atoms with Crippen molar-refractivity contribution in [3.63, 3.8) is 0 Å². The second-order valence-corrected chi connectivity index (χ2v) is 10.5. The van der Waals surface area contributed by atoms with Crippen LogP contribution in [-0.2, 0) is 6.42 Å². The van der Waals surface area contributed by atoms with E-state index < -0.39 is 69.0 Å². The molecule has 218 valence electrons. The lowest BCUT2D eigenvalue weighted by Crippen LogP contribution is -2.16. The molecule has 0 N–H and O–H groups in total. The molecule has 0 amide bonds. The Balaban J connectivity index is 1.82. The topological polar surface area (TPSA) is 9.23 Å². The average Bonchev–Trinajstić information content (AvgIpc) is 2.93. The Bertz CT molecular complexity index is 1070. The van der Waals surface area contributed by atoms with Crippen LogP contribution < -0.4 is 4.74 Å². The summed E-state index contributed by atoms with van der Waals surface area (Å²) >= 11 is 0. The average molecular weight is 565 g/mol. The Kier molecular flexibility index (Phi) is 11.5. The molecule has 0 aromatic heterocycles. The summed E-state index contributed by atoms with van der Waals surface area (Å²) in [5.74, 6) is -17.1. The van der Waals surface area contributed by atoms with Crippen LogP contribution in [0.15, 0.2) is 0 Å². The highest BCUT2D eigenvalue weighted by molar-refractivity contribution is 5.69. The van der Waals surface area contributed by atoms with Gasteiger partial charge in [0.1, 0.15) is 0 Å². The number of ether oxygens (including phenoxy) is 1. The molecular weight excluding hydrogens is 528 g/mol. The monoisotopic (exact) mass is 564 g/mol. The lowest BCUT2D eigenvalue weighted by Gasteiger charge is -2.28. The van der Waals surface area contributed by atoms with Crippen molar-refractivity contribution >= 4 is 0 Å². The van der Waals surface area contributed by atoms with Gasteiger partial charge in [-0.25, -0.2) is 26.3 Å². The molecule has 2 aromatic rings. The molecule has 0 aliphatic heterocycles. The van der Waals surface area contributed by atoms with Gasteiger partial charge in [-0.2, -0.15) is 8.78 Å². The van der Waals surface area contributed by atoms with E-state index in [1.807, 2.05) is 6.92 Å². The predicted octanol–water partition coefficient (Wildman–Crippen LogP) is 10.4. The molecule has 0 atom stereocenters. The van der Waals surface area contributed by atoms with Crippen LogP contribution >= 0.6 is 0 Å². The predicted molar refractivity (Wildman–Crippen MR) is 134 cm³/mol. The zero-order valence-corrected chi connectivity index (χ0v) is 22.5. The van der Waals surface area contributed by atoms with Crippen LogP contribution in [0.2, 0.25) is 0 Å². The van der Waals surface area contributed by atoms with E-state index in [4.69, 9.17) is 4.74 Å². The Morgan fingerprint density at radius 3 is 1.46 bits per heavy atom. The second-order valence-electron chi connectivity index (χ2n) is 10.5. The molecule has 39 heavy (non-hydrogen) atoms. The third kappa shape index (κ3) is 7.07. The molecule has 2 aromatic carbocycles. The molecule has 0 spiro atoms. The largest absolute Gasteiger partial charge is 0.487 e. The Morgan fingerprint density at radius 2 is 0.974 bits per heavy atom. The fourth-order valence-electron chi connectivity index (χ4n) is 5.44. The van der Waals surface area contributed by atoms with Gasteiger partial charge in [0, 0.05) is 5.56 Å². The summed E-state index contributed by atoms with van der Waals surface area (Å²) in [4.78, 5) is 0. The smallest absolute Gasteiger partial charge is 0.204 e. The SMILES string of the molecule is CCCCCOc1c(F)c(F)c(-c2c(F)c(F)c(CCC3CCC(CCCCC)CC3)c(F)c2F)c(F)c1F. The zero-order chi connectivity index (χ0) is 28.7. The normalized spacial score (nSPS) is 17.6. The summed E-state index contributed by atoms with van der Waals surface area (Å²) in [5, 5.41) is 0. The molecule has 1 nitrogen and oxygen atoms in total. The minimum atomic E-state index is -2.21. The van der Waals surface area contributed by atoms with Crippen LogP contribution in [0.3, 0.4) is 0 Å². The number of rotatable bonds is 13. The number of halogens is 8. The van der Waals surface area contributed by atoms with E-state index in [-0.39, 0.29) is 25.4 Å². The van der Waals surface area contributed by atoms with Crippen molar-refractivity contribution in [2.45, 2.75) is 97.3 Å². The molecule has 1 fully saturated rings. The molecule has 0 unspecified atom stereocenters. The fourth-order valence-corrected chi connectivity index (χ4v) is 5.44. The van der Waals surface area contributed by atoms with Crippen LogP contribution in [0, 0.1) is 58.4 Å². The van der Waals surface area contributed by atoms with Crippen molar-refractivity contribution in [1.29, 1.82) is 0 Å². The Hall–Kier alpha value is -2.32. The van der Waals surface area contributed by atoms with Crippen molar-refractivity contribution < 1.29 is 39.9 Å². The highest BCUT2D eigenvalue weighted by Gasteiger charge is 2.35. The molecule has 0 saturated heterocycles.